The minimum Gasteiger partial charge on any atom is -0.481 e. The molecule has 1 heterocycles. The Bertz CT molecular complexity index is 330. The number of hydrogen-bond acceptors (Lipinski definition) is 4. The lowest BCUT2D eigenvalue weighted by Crippen LogP contribution is -2.54. The fraction of sp³-hybridized carbons (Fsp3) is 0.857. The predicted molar refractivity (Wildman–Crippen MR) is 80.9 cm³/mol. The van der Waals surface area contributed by atoms with Crippen molar-refractivity contribution in [2.24, 2.45) is 5.92 Å². The molecule has 122 valence electrons. The number of amides is 2. The van der Waals surface area contributed by atoms with Crippen LogP contribution < -0.4 is 10.7 Å². The topological polar surface area (TPSA) is 84.9 Å². The van der Waals surface area contributed by atoms with Crippen molar-refractivity contribution in [1.29, 1.82) is 0 Å². The second-order valence-electron chi connectivity index (χ2n) is 5.65. The smallest absolute Gasteiger partial charge is 0.329 e. The van der Waals surface area contributed by atoms with E-state index in [0.29, 0.717) is 18.9 Å². The van der Waals surface area contributed by atoms with Crippen molar-refractivity contribution in [3.05, 3.63) is 0 Å². The molecule has 7 heteroatoms. The molecule has 0 aliphatic carbocycles. The Morgan fingerprint density at radius 3 is 2.43 bits per heavy atom. The van der Waals surface area contributed by atoms with E-state index in [2.05, 4.69) is 29.6 Å². The van der Waals surface area contributed by atoms with E-state index in [4.69, 9.17) is 5.11 Å². The van der Waals surface area contributed by atoms with Crippen LogP contribution in [0.2, 0.25) is 0 Å². The summed E-state index contributed by atoms with van der Waals surface area (Å²) in [6, 6.07) is -0.173. The summed E-state index contributed by atoms with van der Waals surface area (Å²) in [5.41, 5.74) is 2.84. The van der Waals surface area contributed by atoms with Gasteiger partial charge in [0.15, 0.2) is 0 Å². The van der Waals surface area contributed by atoms with Crippen LogP contribution >= 0.6 is 0 Å². The molecule has 1 aliphatic heterocycles. The molecule has 21 heavy (non-hydrogen) atoms. The highest BCUT2D eigenvalue weighted by molar-refractivity contribution is 5.73. The second-order valence-corrected chi connectivity index (χ2v) is 5.65. The van der Waals surface area contributed by atoms with E-state index in [1.54, 1.807) is 0 Å². The summed E-state index contributed by atoms with van der Waals surface area (Å²) in [5.74, 6) is -0.403. The molecule has 1 atom stereocenters. The van der Waals surface area contributed by atoms with Gasteiger partial charge in [0, 0.05) is 39.1 Å². The van der Waals surface area contributed by atoms with Crippen molar-refractivity contribution in [1.82, 2.24) is 20.7 Å². The number of urea groups is 1. The molecule has 1 rings (SSSR count). The van der Waals surface area contributed by atoms with Gasteiger partial charge in [0.2, 0.25) is 0 Å². The number of nitrogens with one attached hydrogen (secondary N) is 2. The summed E-state index contributed by atoms with van der Waals surface area (Å²) in [7, 11) is 2.07. The molecular formula is C14H28N4O3. The highest BCUT2D eigenvalue weighted by Gasteiger charge is 2.15. The van der Waals surface area contributed by atoms with Crippen LogP contribution in [-0.4, -0.2) is 66.8 Å². The van der Waals surface area contributed by atoms with Gasteiger partial charge in [0.25, 0.3) is 0 Å². The van der Waals surface area contributed by atoms with Gasteiger partial charge in [0.1, 0.15) is 0 Å². The molecule has 0 saturated carbocycles. The third kappa shape index (κ3) is 7.87. The fourth-order valence-corrected chi connectivity index (χ4v) is 2.37. The van der Waals surface area contributed by atoms with Crippen molar-refractivity contribution in [2.45, 2.75) is 32.6 Å². The van der Waals surface area contributed by atoms with Crippen molar-refractivity contribution in [3.8, 4) is 0 Å². The third-order valence-electron chi connectivity index (χ3n) is 3.94. The zero-order valence-electron chi connectivity index (χ0n) is 13.1. The van der Waals surface area contributed by atoms with Crippen LogP contribution in [0, 0.1) is 5.92 Å². The van der Waals surface area contributed by atoms with Crippen LogP contribution in [0.1, 0.15) is 32.6 Å². The third-order valence-corrected chi connectivity index (χ3v) is 3.94. The molecular weight excluding hydrogens is 272 g/mol. The Balaban J connectivity index is 2.13. The monoisotopic (exact) mass is 300 g/mol. The first-order valence-electron chi connectivity index (χ1n) is 7.71. The van der Waals surface area contributed by atoms with Crippen LogP contribution in [0.5, 0.6) is 0 Å². The van der Waals surface area contributed by atoms with Crippen LogP contribution in [0.3, 0.4) is 0 Å². The number of nitrogens with zero attached hydrogens (tertiary/aromatic N) is 2. The van der Waals surface area contributed by atoms with E-state index in [0.717, 1.165) is 39.0 Å². The number of piperazine rings is 1. The number of carboxylic acid groups (broad SMARTS) is 1. The van der Waals surface area contributed by atoms with Gasteiger partial charge in [-0.15, -0.1) is 0 Å². The number of carbonyl (C=O) groups is 2. The number of hydrazine groups is 1. The number of aliphatic carboxylic acids is 1. The van der Waals surface area contributed by atoms with Crippen molar-refractivity contribution < 1.29 is 14.7 Å². The number of rotatable bonds is 8. The summed E-state index contributed by atoms with van der Waals surface area (Å²) in [6.45, 7) is 6.20. The number of likely N-dealkylation sites (N-methyl/N-ethyl adjacent to an activating group) is 1. The zero-order chi connectivity index (χ0) is 15.7. The normalized spacial score (nSPS) is 18.2. The van der Waals surface area contributed by atoms with Gasteiger partial charge in [0.05, 0.1) is 0 Å². The number of carbonyl (C=O) groups excluding carboxylic acids is 1. The first-order valence-corrected chi connectivity index (χ1v) is 7.71. The van der Waals surface area contributed by atoms with Crippen LogP contribution in [0.15, 0.2) is 0 Å². The second kappa shape index (κ2) is 9.57. The molecule has 0 aromatic heterocycles. The first kappa shape index (κ1) is 17.7. The van der Waals surface area contributed by atoms with Gasteiger partial charge in [-0.2, -0.15) is 0 Å². The van der Waals surface area contributed by atoms with Gasteiger partial charge in [-0.3, -0.25) is 10.2 Å². The zero-order valence-corrected chi connectivity index (χ0v) is 13.1. The standard InChI is InChI=1S/C14H28N4O3/c1-3-12(4-5-13(19)20)6-7-15-14(21)16-18-10-8-17(2)9-11-18/h12H,3-11H2,1-2H3,(H,19,20)(H2,15,16,21). The summed E-state index contributed by atoms with van der Waals surface area (Å²) in [6.07, 6.45) is 2.63. The molecule has 1 unspecified atom stereocenters. The Kier molecular flexibility index (Phi) is 8.07. The SMILES string of the molecule is CCC(CCNC(=O)NN1CCN(C)CC1)CCC(=O)O. The molecule has 0 spiro atoms. The lowest BCUT2D eigenvalue weighted by molar-refractivity contribution is -0.137. The van der Waals surface area contributed by atoms with Gasteiger partial charge >= 0.3 is 12.0 Å². The Labute approximate surface area is 126 Å². The molecule has 7 nitrogen and oxygen atoms in total. The van der Waals surface area contributed by atoms with E-state index in [9.17, 15) is 9.59 Å². The summed E-state index contributed by atoms with van der Waals surface area (Å²) in [4.78, 5) is 24.5. The average molecular weight is 300 g/mol. The lowest BCUT2D eigenvalue weighted by Gasteiger charge is -2.32. The highest BCUT2D eigenvalue weighted by Crippen LogP contribution is 2.14. The van der Waals surface area contributed by atoms with Gasteiger partial charge in [-0.25, -0.2) is 9.80 Å². The van der Waals surface area contributed by atoms with Crippen molar-refractivity contribution in [3.63, 3.8) is 0 Å². The van der Waals surface area contributed by atoms with Crippen LogP contribution in [-0.2, 0) is 4.79 Å². The van der Waals surface area contributed by atoms with Crippen molar-refractivity contribution in [2.75, 3.05) is 39.8 Å². The minimum atomic E-state index is -0.755. The van der Waals surface area contributed by atoms with E-state index in [-0.39, 0.29) is 12.5 Å². The minimum absolute atomic E-state index is 0.173. The summed E-state index contributed by atoms with van der Waals surface area (Å²) >= 11 is 0. The molecule has 3 N–H and O–H groups in total. The summed E-state index contributed by atoms with van der Waals surface area (Å²) in [5, 5.41) is 13.5. The van der Waals surface area contributed by atoms with Crippen LogP contribution in [0.4, 0.5) is 4.79 Å². The highest BCUT2D eigenvalue weighted by atomic mass is 16.4. The maximum atomic E-state index is 11.8. The maximum absolute atomic E-state index is 11.8. The van der Waals surface area contributed by atoms with Gasteiger partial charge < -0.3 is 15.3 Å². The summed E-state index contributed by atoms with van der Waals surface area (Å²) < 4.78 is 0. The van der Waals surface area contributed by atoms with Gasteiger partial charge in [-0.05, 0) is 25.8 Å². The molecule has 0 aromatic carbocycles. The quantitative estimate of drug-likeness (QED) is 0.615. The molecule has 1 fully saturated rings. The Morgan fingerprint density at radius 2 is 1.86 bits per heavy atom. The predicted octanol–water partition coefficient (Wildman–Crippen LogP) is 0.729. The van der Waals surface area contributed by atoms with Gasteiger partial charge in [-0.1, -0.05) is 13.3 Å². The van der Waals surface area contributed by atoms with E-state index in [1.807, 2.05) is 5.01 Å². The Morgan fingerprint density at radius 1 is 1.19 bits per heavy atom. The largest absolute Gasteiger partial charge is 0.481 e. The number of hydrogen-bond donors (Lipinski definition) is 3. The molecule has 2 amide bonds. The molecule has 0 radical (unpaired) electrons. The average Bonchev–Trinajstić information content (AvgIpc) is 2.45. The van der Waals surface area contributed by atoms with E-state index >= 15 is 0 Å². The maximum Gasteiger partial charge on any atom is 0.329 e. The van der Waals surface area contributed by atoms with Crippen LogP contribution in [0.25, 0.3) is 0 Å². The Hall–Kier alpha value is -1.34. The fourth-order valence-electron chi connectivity index (χ4n) is 2.37. The first-order chi connectivity index (χ1) is 10.0. The van der Waals surface area contributed by atoms with E-state index in [1.165, 1.54) is 0 Å². The van der Waals surface area contributed by atoms with Crippen molar-refractivity contribution >= 4 is 12.0 Å². The molecule has 0 bridgehead atoms. The molecule has 1 aliphatic rings. The lowest BCUT2D eigenvalue weighted by atomic mass is 9.97. The molecule has 0 aromatic rings. The van der Waals surface area contributed by atoms with E-state index < -0.39 is 5.97 Å². The number of carboxylic acids is 1. The molecule has 1 saturated heterocycles.